The summed E-state index contributed by atoms with van der Waals surface area (Å²) in [7, 11) is 1.64. The molecular weight excluding hydrogens is 1150 g/mol. The molecule has 9 heteroatoms. The molecule has 92 heavy (non-hydrogen) atoms. The lowest BCUT2D eigenvalue weighted by atomic mass is 10.0. The van der Waals surface area contributed by atoms with Gasteiger partial charge in [-0.15, -0.1) is 0 Å². The summed E-state index contributed by atoms with van der Waals surface area (Å²) in [5.41, 5.74) is 0. The van der Waals surface area contributed by atoms with Crippen LogP contribution in [0.3, 0.4) is 0 Å². The maximum absolute atomic E-state index is 13.1. The number of hydrogen-bond donors (Lipinski definition) is 3. The molecule has 0 fully saturated rings. The molecule has 0 rings (SSSR count). The highest BCUT2D eigenvalue weighted by Crippen LogP contribution is 2.43. The number of nitrogens with one attached hydrogen (secondary N) is 1. The van der Waals surface area contributed by atoms with E-state index in [0.717, 1.165) is 44.9 Å². The van der Waals surface area contributed by atoms with Crippen molar-refractivity contribution in [3.05, 3.63) is 24.3 Å². The number of carbonyl (C=O) groups is 1. The van der Waals surface area contributed by atoms with Gasteiger partial charge < -0.3 is 19.8 Å². The quantitative estimate of drug-likeness (QED) is 0.0243. The molecule has 0 aliphatic heterocycles. The Bertz CT molecular complexity index is 1550. The number of aliphatic hydroxyl groups is 1. The van der Waals surface area contributed by atoms with Crippen molar-refractivity contribution in [1.29, 1.82) is 0 Å². The van der Waals surface area contributed by atoms with E-state index in [-0.39, 0.29) is 19.1 Å². The fourth-order valence-corrected chi connectivity index (χ4v) is 14.0. The van der Waals surface area contributed by atoms with Gasteiger partial charge in [0.15, 0.2) is 0 Å². The van der Waals surface area contributed by atoms with E-state index in [1.165, 1.54) is 379 Å². The van der Waals surface area contributed by atoms with Crippen molar-refractivity contribution in [2.75, 3.05) is 40.9 Å². The number of allylic oxidation sites excluding steroid dienone is 4. The number of likely N-dealkylation sites (N-methyl/N-ethyl adjacent to an activating group) is 1. The van der Waals surface area contributed by atoms with Gasteiger partial charge in [-0.25, -0.2) is 4.57 Å². The van der Waals surface area contributed by atoms with Crippen LogP contribution in [0.1, 0.15) is 450 Å². The van der Waals surface area contributed by atoms with E-state index in [2.05, 4.69) is 43.5 Å². The zero-order chi connectivity index (χ0) is 66.9. The highest BCUT2D eigenvalue weighted by molar-refractivity contribution is 7.47. The predicted octanol–water partition coefficient (Wildman–Crippen LogP) is 27.4. The Balaban J connectivity index is 3.87. The van der Waals surface area contributed by atoms with Crippen molar-refractivity contribution < 1.29 is 32.9 Å². The average molecular weight is 1320 g/mol. The van der Waals surface area contributed by atoms with Gasteiger partial charge in [-0.2, -0.15) is 0 Å². The van der Waals surface area contributed by atoms with Crippen molar-refractivity contribution in [2.45, 2.75) is 463 Å². The number of phosphoric acid groups is 1. The zero-order valence-electron chi connectivity index (χ0n) is 63.1. The van der Waals surface area contributed by atoms with E-state index in [9.17, 15) is 19.4 Å². The molecule has 0 saturated carbocycles. The van der Waals surface area contributed by atoms with Crippen LogP contribution in [0.25, 0.3) is 0 Å². The molecule has 0 spiro atoms. The van der Waals surface area contributed by atoms with Crippen LogP contribution in [0.15, 0.2) is 24.3 Å². The second kappa shape index (κ2) is 74.2. The van der Waals surface area contributed by atoms with Crippen molar-refractivity contribution in [1.82, 2.24) is 5.32 Å². The lowest BCUT2D eigenvalue weighted by Crippen LogP contribution is -2.46. The molecule has 0 aromatic heterocycles. The van der Waals surface area contributed by atoms with Crippen LogP contribution in [-0.4, -0.2) is 73.4 Å². The molecule has 0 aromatic carbocycles. The van der Waals surface area contributed by atoms with Gasteiger partial charge in [0.25, 0.3) is 0 Å². The lowest BCUT2D eigenvalue weighted by molar-refractivity contribution is -0.870. The van der Waals surface area contributed by atoms with Crippen molar-refractivity contribution in [3.63, 3.8) is 0 Å². The molecule has 3 unspecified atom stereocenters. The highest BCUT2D eigenvalue weighted by Gasteiger charge is 2.28. The van der Waals surface area contributed by atoms with Crippen LogP contribution in [0.2, 0.25) is 0 Å². The minimum atomic E-state index is -4.33. The molecule has 8 nitrogen and oxygen atoms in total. The monoisotopic (exact) mass is 1320 g/mol. The molecule has 0 bridgehead atoms. The number of rotatable bonds is 79. The third-order valence-corrected chi connectivity index (χ3v) is 20.7. The van der Waals surface area contributed by atoms with Gasteiger partial charge in [0.1, 0.15) is 13.2 Å². The highest BCUT2D eigenvalue weighted by atomic mass is 31.2. The van der Waals surface area contributed by atoms with Crippen LogP contribution in [0, 0.1) is 0 Å². The summed E-state index contributed by atoms with van der Waals surface area (Å²) in [4.78, 5) is 23.5. The van der Waals surface area contributed by atoms with E-state index < -0.39 is 20.0 Å². The van der Waals surface area contributed by atoms with Gasteiger partial charge >= 0.3 is 7.82 Å². The van der Waals surface area contributed by atoms with Crippen LogP contribution >= 0.6 is 7.82 Å². The van der Waals surface area contributed by atoms with Crippen molar-refractivity contribution in [3.8, 4) is 0 Å². The van der Waals surface area contributed by atoms with Gasteiger partial charge in [0.2, 0.25) is 5.91 Å². The summed E-state index contributed by atoms with van der Waals surface area (Å²) in [5, 5.41) is 14.2. The van der Waals surface area contributed by atoms with E-state index in [0.29, 0.717) is 23.9 Å². The maximum atomic E-state index is 13.1. The number of phosphoric ester groups is 1. The molecule has 0 aliphatic rings. The molecule has 548 valence electrons. The van der Waals surface area contributed by atoms with Gasteiger partial charge in [0, 0.05) is 6.42 Å². The third-order valence-electron chi connectivity index (χ3n) is 19.7. The lowest BCUT2D eigenvalue weighted by Gasteiger charge is -2.26. The molecule has 0 saturated heterocycles. The zero-order valence-corrected chi connectivity index (χ0v) is 64.0. The minimum Gasteiger partial charge on any atom is -0.391 e. The Kier molecular flexibility index (Phi) is 73.4. The summed E-state index contributed by atoms with van der Waals surface area (Å²) in [5.74, 6) is -0.133. The predicted molar refractivity (Wildman–Crippen MR) is 406 cm³/mol. The molecular formula is C83H166N2O6P+. The first-order valence-electron chi connectivity index (χ1n) is 41.7. The standard InChI is InChI=1S/C83H165N2O6P/c1-6-8-10-12-14-16-18-20-22-24-26-28-30-32-34-36-38-39-40-41-42-43-44-45-47-49-51-53-55-57-59-61-63-65-67-69-71-73-75-77-83(87)84-81(80-91-92(88,89)90-79-78-85(3,4)5)82(86)76-74-72-70-68-66-64-62-60-58-56-54-52-50-48-46-37-35-33-31-29-27-25-23-21-19-17-15-13-11-9-7-2/h18,20,24,26,81-82,86H,6-17,19,21-23,25,27-80H2,1-5H3,(H-,84,87,88,89)/p+1/b20-18-,26-24-. The smallest absolute Gasteiger partial charge is 0.391 e. The van der Waals surface area contributed by atoms with Crippen molar-refractivity contribution >= 4 is 13.7 Å². The van der Waals surface area contributed by atoms with E-state index in [4.69, 9.17) is 9.05 Å². The minimum absolute atomic E-state index is 0.0784. The summed E-state index contributed by atoms with van der Waals surface area (Å²) in [6.07, 6.45) is 99.2. The fraction of sp³-hybridized carbons (Fsp3) is 0.940. The topological polar surface area (TPSA) is 105 Å². The number of aliphatic hydroxyl groups excluding tert-OH is 1. The SMILES string of the molecule is CCCCCCC/C=C\C/C=C\CCCCCCCCCCCCCCCCCCCCCCCCCCCCCC(=O)NC(COP(=O)(O)OCC[N+](C)(C)C)C(O)CCCCCCCCCCCCCCCCCCCCCCCCCCCCCCCCC. The van der Waals surface area contributed by atoms with Gasteiger partial charge in [-0.3, -0.25) is 13.8 Å². The fourth-order valence-electron chi connectivity index (χ4n) is 13.3. The maximum Gasteiger partial charge on any atom is 0.472 e. The molecule has 3 N–H and O–H groups in total. The Morgan fingerprint density at radius 3 is 0.891 bits per heavy atom. The van der Waals surface area contributed by atoms with Gasteiger partial charge in [-0.05, 0) is 44.9 Å². The summed E-state index contributed by atoms with van der Waals surface area (Å²) >= 11 is 0. The Hall–Kier alpha value is -1.02. The third kappa shape index (κ3) is 76.3. The molecule has 0 heterocycles. The Morgan fingerprint density at radius 1 is 0.370 bits per heavy atom. The number of amides is 1. The molecule has 0 aliphatic carbocycles. The Labute approximate surface area is 576 Å². The first-order valence-corrected chi connectivity index (χ1v) is 43.2. The Morgan fingerprint density at radius 2 is 0.620 bits per heavy atom. The first kappa shape index (κ1) is 91.0. The number of nitrogens with zero attached hydrogens (tertiary/aromatic N) is 1. The van der Waals surface area contributed by atoms with Crippen LogP contribution in [0.5, 0.6) is 0 Å². The second-order valence-electron chi connectivity index (χ2n) is 30.2. The molecule has 3 atom stereocenters. The number of quaternary nitrogens is 1. The average Bonchev–Trinajstić information content (AvgIpc) is 2.63. The van der Waals surface area contributed by atoms with Crippen molar-refractivity contribution in [2.24, 2.45) is 0 Å². The second-order valence-corrected chi connectivity index (χ2v) is 31.7. The number of carbonyl (C=O) groups excluding carboxylic acids is 1. The molecule has 0 radical (unpaired) electrons. The summed E-state index contributed by atoms with van der Waals surface area (Å²) in [6.45, 7) is 4.96. The van der Waals surface area contributed by atoms with Crippen LogP contribution < -0.4 is 5.32 Å². The van der Waals surface area contributed by atoms with E-state index >= 15 is 0 Å². The van der Waals surface area contributed by atoms with E-state index in [1.807, 2.05) is 21.1 Å². The normalized spacial score (nSPS) is 13.5. The molecule has 0 aromatic rings. The summed E-state index contributed by atoms with van der Waals surface area (Å²) in [6, 6.07) is -0.760. The number of hydrogen-bond acceptors (Lipinski definition) is 5. The van der Waals surface area contributed by atoms with E-state index in [1.54, 1.807) is 0 Å². The van der Waals surface area contributed by atoms with Gasteiger partial charge in [-0.1, -0.05) is 423 Å². The van der Waals surface area contributed by atoms with Crippen LogP contribution in [-0.2, 0) is 18.4 Å². The molecule has 1 amide bonds. The largest absolute Gasteiger partial charge is 0.472 e. The summed E-state index contributed by atoms with van der Waals surface area (Å²) < 4.78 is 24.0. The number of unbranched alkanes of at least 4 members (excludes halogenated alkanes) is 62. The first-order chi connectivity index (χ1) is 45.0. The van der Waals surface area contributed by atoms with Gasteiger partial charge in [0.05, 0.1) is 39.9 Å². The van der Waals surface area contributed by atoms with Crippen LogP contribution in [0.4, 0.5) is 0 Å².